The molecule has 3 N–H and O–H groups in total. The summed E-state index contributed by atoms with van der Waals surface area (Å²) < 4.78 is 28.6. The lowest BCUT2D eigenvalue weighted by atomic mass is 10.1. The molecule has 1 saturated heterocycles. The maximum Gasteiger partial charge on any atom is 0.279 e. The second-order valence-corrected chi connectivity index (χ2v) is 7.47. The predicted octanol–water partition coefficient (Wildman–Crippen LogP) is 0.0424. The molecule has 3 atom stereocenters. The Kier molecular flexibility index (Phi) is 2.93. The largest absolute Gasteiger partial charge is 0.326 e. The fourth-order valence-electron chi connectivity index (χ4n) is 3.15. The first-order valence-corrected chi connectivity index (χ1v) is 8.02. The molecular formula is C11H21N3O2S. The fourth-order valence-corrected chi connectivity index (χ4v) is 4.71. The van der Waals surface area contributed by atoms with Gasteiger partial charge >= 0.3 is 0 Å². The summed E-state index contributed by atoms with van der Waals surface area (Å²) in [7, 11) is -3.29. The van der Waals surface area contributed by atoms with Gasteiger partial charge < -0.3 is 5.73 Å². The summed E-state index contributed by atoms with van der Waals surface area (Å²) in [5.41, 5.74) is 5.92. The van der Waals surface area contributed by atoms with Crippen molar-refractivity contribution in [3.8, 4) is 0 Å². The monoisotopic (exact) mass is 259 g/mol. The zero-order valence-electron chi connectivity index (χ0n) is 10.0. The van der Waals surface area contributed by atoms with Crippen LogP contribution in [0.25, 0.3) is 0 Å². The van der Waals surface area contributed by atoms with Gasteiger partial charge in [0.2, 0.25) is 0 Å². The summed E-state index contributed by atoms with van der Waals surface area (Å²) in [6.45, 7) is 1.10. The Bertz CT molecular complexity index is 394. The Hall–Kier alpha value is -0.170. The molecule has 17 heavy (non-hydrogen) atoms. The van der Waals surface area contributed by atoms with Crippen LogP contribution < -0.4 is 10.5 Å². The van der Waals surface area contributed by atoms with Crippen molar-refractivity contribution in [2.45, 2.75) is 44.2 Å². The molecule has 3 fully saturated rings. The molecule has 0 aromatic heterocycles. The molecule has 1 aliphatic heterocycles. The first-order valence-electron chi connectivity index (χ1n) is 6.58. The van der Waals surface area contributed by atoms with E-state index in [1.165, 1.54) is 6.42 Å². The van der Waals surface area contributed by atoms with E-state index in [1.807, 2.05) is 0 Å². The van der Waals surface area contributed by atoms with Gasteiger partial charge in [-0.05, 0) is 43.9 Å². The van der Waals surface area contributed by atoms with Crippen LogP contribution in [0, 0.1) is 11.8 Å². The number of piperidine rings is 1. The maximum atomic E-state index is 12.1. The van der Waals surface area contributed by atoms with Gasteiger partial charge in [-0.15, -0.1) is 0 Å². The van der Waals surface area contributed by atoms with Crippen molar-refractivity contribution in [1.29, 1.82) is 0 Å². The van der Waals surface area contributed by atoms with Crippen molar-refractivity contribution in [2.75, 3.05) is 13.1 Å². The molecule has 0 spiro atoms. The number of nitrogens with zero attached hydrogens (tertiary/aromatic N) is 1. The van der Waals surface area contributed by atoms with Gasteiger partial charge in [0, 0.05) is 25.2 Å². The molecule has 0 radical (unpaired) electrons. The number of rotatable bonds is 5. The highest BCUT2D eigenvalue weighted by Gasteiger charge is 2.43. The summed E-state index contributed by atoms with van der Waals surface area (Å²) >= 11 is 0. The van der Waals surface area contributed by atoms with Crippen LogP contribution in [-0.4, -0.2) is 37.9 Å². The summed E-state index contributed by atoms with van der Waals surface area (Å²) in [4.78, 5) is 0. The molecule has 6 heteroatoms. The quantitative estimate of drug-likeness (QED) is 0.732. The van der Waals surface area contributed by atoms with Gasteiger partial charge in [0.15, 0.2) is 0 Å². The van der Waals surface area contributed by atoms with E-state index in [2.05, 4.69) is 4.72 Å². The van der Waals surface area contributed by atoms with Crippen LogP contribution in [0.1, 0.15) is 32.1 Å². The highest BCUT2D eigenvalue weighted by Crippen LogP contribution is 2.38. The average molecular weight is 259 g/mol. The molecule has 98 valence electrons. The Morgan fingerprint density at radius 3 is 2.59 bits per heavy atom. The van der Waals surface area contributed by atoms with Crippen LogP contribution >= 0.6 is 0 Å². The summed E-state index contributed by atoms with van der Waals surface area (Å²) in [5, 5.41) is 0. The third kappa shape index (κ3) is 2.36. The SMILES string of the molecule is NC(CNS(=O)(=O)N1CC2CCC1C2)C1CC1. The number of hydrogen-bond acceptors (Lipinski definition) is 3. The molecule has 5 nitrogen and oxygen atoms in total. The van der Waals surface area contributed by atoms with Crippen molar-refractivity contribution >= 4 is 10.2 Å². The first kappa shape index (κ1) is 11.9. The lowest BCUT2D eigenvalue weighted by Gasteiger charge is -2.26. The Balaban J connectivity index is 1.57. The van der Waals surface area contributed by atoms with Crippen molar-refractivity contribution in [3.05, 3.63) is 0 Å². The van der Waals surface area contributed by atoms with E-state index in [1.54, 1.807) is 4.31 Å². The minimum Gasteiger partial charge on any atom is -0.326 e. The number of nitrogens with one attached hydrogen (secondary N) is 1. The van der Waals surface area contributed by atoms with Crippen molar-refractivity contribution in [1.82, 2.24) is 9.03 Å². The van der Waals surface area contributed by atoms with Gasteiger partial charge in [0.25, 0.3) is 10.2 Å². The molecule has 2 bridgehead atoms. The molecule has 0 aromatic carbocycles. The summed E-state index contributed by atoms with van der Waals surface area (Å²) in [5.74, 6) is 1.13. The minimum absolute atomic E-state index is 0.00966. The van der Waals surface area contributed by atoms with Crippen LogP contribution in [0.3, 0.4) is 0 Å². The van der Waals surface area contributed by atoms with Crippen LogP contribution in [0.2, 0.25) is 0 Å². The highest BCUT2D eigenvalue weighted by molar-refractivity contribution is 7.87. The summed E-state index contributed by atoms with van der Waals surface area (Å²) in [6, 6.07) is 0.235. The smallest absolute Gasteiger partial charge is 0.279 e. The molecule has 3 aliphatic rings. The fraction of sp³-hybridized carbons (Fsp3) is 1.00. The Morgan fingerprint density at radius 1 is 1.29 bits per heavy atom. The van der Waals surface area contributed by atoms with E-state index in [9.17, 15) is 8.42 Å². The molecule has 0 amide bonds. The van der Waals surface area contributed by atoms with Gasteiger partial charge in [-0.1, -0.05) is 0 Å². The van der Waals surface area contributed by atoms with Gasteiger partial charge in [0.05, 0.1) is 0 Å². The first-order chi connectivity index (χ1) is 8.06. The van der Waals surface area contributed by atoms with E-state index in [0.717, 1.165) is 25.7 Å². The van der Waals surface area contributed by atoms with Crippen LogP contribution in [0.15, 0.2) is 0 Å². The molecule has 2 saturated carbocycles. The van der Waals surface area contributed by atoms with E-state index in [-0.39, 0.29) is 12.1 Å². The van der Waals surface area contributed by atoms with Gasteiger partial charge in [0.1, 0.15) is 0 Å². The van der Waals surface area contributed by atoms with Crippen LogP contribution in [-0.2, 0) is 10.2 Å². The van der Waals surface area contributed by atoms with E-state index in [4.69, 9.17) is 5.73 Å². The lowest BCUT2D eigenvalue weighted by Crippen LogP contribution is -2.48. The van der Waals surface area contributed by atoms with Crippen LogP contribution in [0.5, 0.6) is 0 Å². The maximum absolute atomic E-state index is 12.1. The third-order valence-electron chi connectivity index (χ3n) is 4.40. The zero-order valence-corrected chi connectivity index (χ0v) is 10.8. The van der Waals surface area contributed by atoms with E-state index < -0.39 is 10.2 Å². The molecule has 3 rings (SSSR count). The van der Waals surface area contributed by atoms with Crippen molar-refractivity contribution in [2.24, 2.45) is 17.6 Å². The minimum atomic E-state index is -3.29. The van der Waals surface area contributed by atoms with Gasteiger partial charge in [-0.2, -0.15) is 12.7 Å². The Labute approximate surface area is 103 Å². The second kappa shape index (κ2) is 4.19. The van der Waals surface area contributed by atoms with E-state index in [0.29, 0.717) is 24.9 Å². The van der Waals surface area contributed by atoms with Crippen LogP contribution in [0.4, 0.5) is 0 Å². The molecule has 2 aliphatic carbocycles. The van der Waals surface area contributed by atoms with Crippen molar-refractivity contribution < 1.29 is 8.42 Å². The topological polar surface area (TPSA) is 75.4 Å². The molecule has 0 aromatic rings. The number of hydrogen-bond donors (Lipinski definition) is 2. The van der Waals surface area contributed by atoms with E-state index >= 15 is 0 Å². The zero-order chi connectivity index (χ0) is 12.0. The summed E-state index contributed by atoms with van der Waals surface area (Å²) in [6.07, 6.45) is 5.57. The number of nitrogens with two attached hydrogens (primary N) is 1. The third-order valence-corrected chi connectivity index (χ3v) is 5.99. The van der Waals surface area contributed by atoms with Gasteiger partial charge in [-0.25, -0.2) is 4.72 Å². The molecule has 1 heterocycles. The van der Waals surface area contributed by atoms with Gasteiger partial charge in [-0.3, -0.25) is 0 Å². The Morgan fingerprint density at radius 2 is 2.06 bits per heavy atom. The molecular weight excluding hydrogens is 238 g/mol. The standard InChI is InChI=1S/C11H21N3O2S/c12-11(9-2-3-9)6-13-17(15,16)14-7-8-1-4-10(14)5-8/h8-11,13H,1-7,12H2. The molecule has 3 unspecified atom stereocenters. The normalized spacial score (nSPS) is 35.4. The second-order valence-electron chi connectivity index (χ2n) is 5.76. The average Bonchev–Trinajstić information content (AvgIpc) is 2.94. The highest BCUT2D eigenvalue weighted by atomic mass is 32.2. The number of fused-ring (bicyclic) bond motifs is 2. The predicted molar refractivity (Wildman–Crippen MR) is 65.5 cm³/mol. The lowest BCUT2D eigenvalue weighted by molar-refractivity contribution is 0.327. The van der Waals surface area contributed by atoms with Crippen molar-refractivity contribution in [3.63, 3.8) is 0 Å².